The lowest BCUT2D eigenvalue weighted by Gasteiger charge is -2.41. The van der Waals surface area contributed by atoms with E-state index in [9.17, 15) is 86.2 Å². The first-order valence-electron chi connectivity index (χ1n) is 18.9. The summed E-state index contributed by atoms with van der Waals surface area (Å²) in [5.74, 6) is -17.7. The number of hydrogen-bond donors (Lipinski definition) is 15. The largest absolute Gasteiger partial charge is 0.508 e. The first kappa shape index (κ1) is 42.5. The molecule has 21 nitrogen and oxygen atoms in total. The van der Waals surface area contributed by atoms with Crippen LogP contribution in [0.3, 0.4) is 0 Å². The van der Waals surface area contributed by atoms with Crippen LogP contribution >= 0.6 is 0 Å². The van der Waals surface area contributed by atoms with Crippen LogP contribution in [0.4, 0.5) is 0 Å². The molecule has 6 aromatic rings. The molecule has 0 saturated carbocycles. The van der Waals surface area contributed by atoms with E-state index in [0.717, 1.165) is 54.6 Å². The molecule has 5 atom stereocenters. The van der Waals surface area contributed by atoms with E-state index in [0.29, 0.717) is 12.1 Å². The number of benzene rings is 6. The Balaban J connectivity index is 1.31. The van der Waals surface area contributed by atoms with Gasteiger partial charge in [-0.1, -0.05) is 6.07 Å². The number of carbonyl (C=O) groups excluding carboxylic acids is 2. The maximum Gasteiger partial charge on any atom is 0.338 e. The van der Waals surface area contributed by atoms with Gasteiger partial charge in [-0.05, 0) is 48.5 Å². The lowest BCUT2D eigenvalue weighted by atomic mass is 9.77. The minimum absolute atomic E-state index is 0.0767. The molecule has 6 aromatic carbocycles. The van der Waals surface area contributed by atoms with Gasteiger partial charge in [-0.3, -0.25) is 0 Å². The van der Waals surface area contributed by atoms with Crippen molar-refractivity contribution in [2.75, 3.05) is 0 Å². The lowest BCUT2D eigenvalue weighted by Crippen LogP contribution is -2.39. The van der Waals surface area contributed by atoms with Crippen molar-refractivity contribution in [1.82, 2.24) is 0 Å². The second-order valence-corrected chi connectivity index (χ2v) is 15.0. The van der Waals surface area contributed by atoms with Crippen LogP contribution in [0.5, 0.6) is 97.7 Å². The number of ether oxygens (including phenoxy) is 4. The fourth-order valence-corrected chi connectivity index (χ4v) is 7.80. The van der Waals surface area contributed by atoms with Crippen molar-refractivity contribution in [2.24, 2.45) is 0 Å². The summed E-state index contributed by atoms with van der Waals surface area (Å²) < 4.78 is 24.0. The molecule has 15 N–H and O–H groups in total. The molecule has 65 heavy (non-hydrogen) atoms. The lowest BCUT2D eigenvalue weighted by molar-refractivity contribution is -0.0277. The van der Waals surface area contributed by atoms with Gasteiger partial charge in [0.15, 0.2) is 81.6 Å². The molecule has 0 aliphatic carbocycles. The van der Waals surface area contributed by atoms with Crippen molar-refractivity contribution in [3.8, 4) is 97.7 Å². The van der Waals surface area contributed by atoms with Gasteiger partial charge in [-0.25, -0.2) is 9.59 Å². The predicted octanol–water partition coefficient (Wildman–Crippen LogP) is 4.66. The van der Waals surface area contributed by atoms with Crippen molar-refractivity contribution in [2.45, 2.75) is 36.8 Å². The Kier molecular flexibility index (Phi) is 10.2. The zero-order chi connectivity index (χ0) is 46.9. The number of carbonyl (C=O) groups is 2. The van der Waals surface area contributed by atoms with Crippen LogP contribution in [-0.4, -0.2) is 101 Å². The fourth-order valence-electron chi connectivity index (χ4n) is 7.80. The monoisotopic (exact) mass is 898 g/mol. The van der Waals surface area contributed by atoms with E-state index in [-0.39, 0.29) is 33.8 Å². The SMILES string of the molecule is O=C(OC1Cc2c(cc(O)c(C3c4c(O)cc(O)cc4OC(c4cc(O)c(O)c(O)c4)C3OC(=O)c3cc(O)c(O)c(O)c3)c2O)OC1c1ccc(O)c(O)c1)c1cc(O)c(O)c(O)c1. The van der Waals surface area contributed by atoms with E-state index < -0.39 is 152 Å². The summed E-state index contributed by atoms with van der Waals surface area (Å²) in [4.78, 5) is 27.5. The molecule has 0 saturated heterocycles. The first-order chi connectivity index (χ1) is 30.7. The molecule has 0 aromatic heterocycles. The third kappa shape index (κ3) is 7.41. The van der Waals surface area contributed by atoms with E-state index in [2.05, 4.69) is 0 Å². The Morgan fingerprint density at radius 2 is 0.938 bits per heavy atom. The van der Waals surface area contributed by atoms with Gasteiger partial charge in [0.1, 0.15) is 40.6 Å². The average Bonchev–Trinajstić information content (AvgIpc) is 3.24. The summed E-state index contributed by atoms with van der Waals surface area (Å²) in [6.45, 7) is 0. The molecule has 0 bridgehead atoms. The third-order valence-electron chi connectivity index (χ3n) is 10.8. The summed E-state index contributed by atoms with van der Waals surface area (Å²) >= 11 is 0. The van der Waals surface area contributed by atoms with Crippen molar-refractivity contribution in [3.05, 3.63) is 112 Å². The highest BCUT2D eigenvalue weighted by Crippen LogP contribution is 2.58. The highest BCUT2D eigenvalue weighted by molar-refractivity contribution is 5.92. The topological polar surface area (TPSA) is 375 Å². The number of esters is 2. The van der Waals surface area contributed by atoms with Gasteiger partial charge in [0.05, 0.1) is 17.0 Å². The van der Waals surface area contributed by atoms with Gasteiger partial charge in [-0.15, -0.1) is 0 Å². The van der Waals surface area contributed by atoms with Crippen molar-refractivity contribution >= 4 is 11.9 Å². The van der Waals surface area contributed by atoms with Crippen LogP contribution in [0, 0.1) is 0 Å². The zero-order valence-electron chi connectivity index (χ0n) is 32.7. The van der Waals surface area contributed by atoms with Gasteiger partial charge in [0.2, 0.25) is 0 Å². The molecule has 0 amide bonds. The Labute approximate surface area is 362 Å². The number of phenolic OH excluding ortho intramolecular Hbond substituents is 15. The number of hydrogen-bond acceptors (Lipinski definition) is 21. The van der Waals surface area contributed by atoms with Gasteiger partial charge in [-0.2, -0.15) is 0 Å². The minimum atomic E-state index is -1.97. The fraction of sp³-hybridized carbons (Fsp3) is 0.136. The Morgan fingerprint density at radius 3 is 1.49 bits per heavy atom. The summed E-state index contributed by atoms with van der Waals surface area (Å²) in [7, 11) is 0. The van der Waals surface area contributed by atoms with Gasteiger partial charge in [0.25, 0.3) is 0 Å². The van der Waals surface area contributed by atoms with Crippen molar-refractivity contribution in [1.29, 1.82) is 0 Å². The van der Waals surface area contributed by atoms with Crippen LogP contribution in [0.15, 0.2) is 72.8 Å². The van der Waals surface area contributed by atoms with E-state index in [1.165, 1.54) is 6.07 Å². The normalized spacial score (nSPS) is 18.6. The first-order valence-corrected chi connectivity index (χ1v) is 18.9. The standard InChI is InChI=1S/C44H34O21/c45-18-10-22(48)33-31(11-18)63-41(15-4-24(50)37(57)25(51)5-15)42(65-44(61)17-8-28(54)39(59)29(55)9-17)35(33)34-23(49)13-30-19(36(34)56)12-32(40(62-30)14-1-2-20(46)21(47)3-14)64-43(60)16-6-26(52)38(58)27(53)7-16/h1-11,13,32,35,40-42,45-59H,12H2. The number of rotatable bonds is 7. The summed E-state index contributed by atoms with van der Waals surface area (Å²) in [5.41, 5.74) is -2.41. The zero-order valence-corrected chi connectivity index (χ0v) is 32.7. The minimum Gasteiger partial charge on any atom is -0.508 e. The Morgan fingerprint density at radius 1 is 0.446 bits per heavy atom. The summed E-state index contributed by atoms with van der Waals surface area (Å²) in [6, 6.07) is 11.0. The van der Waals surface area contributed by atoms with E-state index in [1.54, 1.807) is 0 Å². The van der Waals surface area contributed by atoms with Gasteiger partial charge in [0, 0.05) is 52.4 Å². The highest BCUT2D eigenvalue weighted by Gasteiger charge is 2.49. The maximum atomic E-state index is 14.0. The van der Waals surface area contributed by atoms with E-state index >= 15 is 0 Å². The molecule has 336 valence electrons. The quantitative estimate of drug-likeness (QED) is 0.0764. The molecule has 0 spiro atoms. The molecule has 2 aliphatic rings. The molecule has 5 unspecified atom stereocenters. The molecule has 0 fully saturated rings. The van der Waals surface area contributed by atoms with Crippen LogP contribution < -0.4 is 9.47 Å². The smallest absolute Gasteiger partial charge is 0.338 e. The van der Waals surface area contributed by atoms with Gasteiger partial charge >= 0.3 is 11.9 Å². The van der Waals surface area contributed by atoms with Gasteiger partial charge < -0.3 is 95.5 Å². The highest BCUT2D eigenvalue weighted by atomic mass is 16.6. The number of fused-ring (bicyclic) bond motifs is 2. The van der Waals surface area contributed by atoms with E-state index in [4.69, 9.17) is 18.9 Å². The van der Waals surface area contributed by atoms with Crippen LogP contribution in [-0.2, 0) is 15.9 Å². The molecular formula is C44H34O21. The second-order valence-electron chi connectivity index (χ2n) is 15.0. The van der Waals surface area contributed by atoms with Crippen LogP contribution in [0.1, 0.15) is 66.7 Å². The molecule has 2 aliphatic heterocycles. The molecule has 8 rings (SSSR count). The predicted molar refractivity (Wildman–Crippen MR) is 214 cm³/mol. The van der Waals surface area contributed by atoms with Crippen LogP contribution in [0.25, 0.3) is 0 Å². The molecule has 0 radical (unpaired) electrons. The number of aromatic hydroxyl groups is 15. The maximum absolute atomic E-state index is 14.0. The Bertz CT molecular complexity index is 2890. The Hall–Kier alpha value is -9.14. The van der Waals surface area contributed by atoms with Crippen molar-refractivity contribution < 1.29 is 105 Å². The molecular weight excluding hydrogens is 864 g/mol. The van der Waals surface area contributed by atoms with Crippen LogP contribution in [0.2, 0.25) is 0 Å². The second kappa shape index (κ2) is 15.6. The molecule has 2 heterocycles. The summed E-state index contributed by atoms with van der Waals surface area (Å²) in [5, 5.41) is 158. The van der Waals surface area contributed by atoms with E-state index in [1.807, 2.05) is 0 Å². The van der Waals surface area contributed by atoms with Crippen molar-refractivity contribution in [3.63, 3.8) is 0 Å². The summed E-state index contributed by atoms with van der Waals surface area (Å²) in [6.07, 6.45) is -7.20. The third-order valence-corrected chi connectivity index (χ3v) is 10.8. The molecule has 21 heteroatoms. The number of phenols is 15. The average molecular weight is 899 g/mol.